The molecule has 1 saturated carbocycles. The lowest BCUT2D eigenvalue weighted by molar-refractivity contribution is -0.117. The van der Waals surface area contributed by atoms with Crippen LogP contribution in [0.5, 0.6) is 11.5 Å². The van der Waals surface area contributed by atoms with Crippen molar-refractivity contribution in [3.05, 3.63) is 18.2 Å². The van der Waals surface area contributed by atoms with E-state index in [1.165, 1.54) is 31.0 Å². The SMILES string of the molecule is COc1ccc(-c2nnc(S[C@H](C)C(N)=O)n2C2CCCCC2)cc1OC. The predicted octanol–water partition coefficient (Wildman–Crippen LogP) is 3.43. The molecule has 1 aromatic carbocycles. The fraction of sp³-hybridized carbons (Fsp3) is 0.526. The first-order chi connectivity index (χ1) is 13.0. The van der Waals surface area contributed by atoms with Crippen LogP contribution >= 0.6 is 11.8 Å². The molecule has 1 fully saturated rings. The number of methoxy groups -OCH3 is 2. The number of hydrogen-bond acceptors (Lipinski definition) is 6. The maximum atomic E-state index is 11.5. The minimum absolute atomic E-state index is 0.319. The molecule has 3 rings (SSSR count). The Morgan fingerprint density at radius 1 is 1.19 bits per heavy atom. The number of carbonyl (C=O) groups excluding carboxylic acids is 1. The van der Waals surface area contributed by atoms with Gasteiger partial charge in [-0.1, -0.05) is 31.0 Å². The molecule has 1 aromatic heterocycles. The zero-order chi connectivity index (χ0) is 19.4. The number of benzene rings is 1. The van der Waals surface area contributed by atoms with Gasteiger partial charge in [-0.2, -0.15) is 0 Å². The fourth-order valence-corrected chi connectivity index (χ4v) is 4.28. The summed E-state index contributed by atoms with van der Waals surface area (Å²) in [4.78, 5) is 11.5. The Bertz CT molecular complexity index is 802. The molecule has 0 bridgehead atoms. The zero-order valence-electron chi connectivity index (χ0n) is 16.0. The minimum Gasteiger partial charge on any atom is -0.493 e. The van der Waals surface area contributed by atoms with Crippen LogP contribution in [0.15, 0.2) is 23.4 Å². The normalized spacial score (nSPS) is 16.1. The van der Waals surface area contributed by atoms with Crippen molar-refractivity contribution >= 4 is 17.7 Å². The van der Waals surface area contributed by atoms with E-state index in [0.29, 0.717) is 17.5 Å². The second kappa shape index (κ2) is 8.65. The molecule has 0 spiro atoms. The van der Waals surface area contributed by atoms with Crippen LogP contribution in [0, 0.1) is 0 Å². The summed E-state index contributed by atoms with van der Waals surface area (Å²) in [5.41, 5.74) is 6.36. The van der Waals surface area contributed by atoms with Crippen LogP contribution in [0.3, 0.4) is 0 Å². The first kappa shape index (κ1) is 19.5. The summed E-state index contributed by atoms with van der Waals surface area (Å²) in [6, 6.07) is 6.05. The molecule has 1 atom stereocenters. The maximum Gasteiger partial charge on any atom is 0.230 e. The molecule has 1 amide bonds. The Balaban J connectivity index is 2.04. The van der Waals surface area contributed by atoms with Crippen molar-refractivity contribution in [2.24, 2.45) is 5.73 Å². The summed E-state index contributed by atoms with van der Waals surface area (Å²) >= 11 is 1.36. The summed E-state index contributed by atoms with van der Waals surface area (Å²) < 4.78 is 12.9. The average molecular weight is 391 g/mol. The Morgan fingerprint density at radius 3 is 2.52 bits per heavy atom. The van der Waals surface area contributed by atoms with Crippen molar-refractivity contribution in [1.29, 1.82) is 0 Å². The van der Waals surface area contributed by atoms with Gasteiger partial charge in [0, 0.05) is 11.6 Å². The van der Waals surface area contributed by atoms with Crippen molar-refractivity contribution in [3.8, 4) is 22.9 Å². The van der Waals surface area contributed by atoms with Gasteiger partial charge in [-0.15, -0.1) is 10.2 Å². The van der Waals surface area contributed by atoms with E-state index in [9.17, 15) is 4.79 Å². The highest BCUT2D eigenvalue weighted by molar-refractivity contribution is 8.00. The van der Waals surface area contributed by atoms with Gasteiger partial charge >= 0.3 is 0 Å². The van der Waals surface area contributed by atoms with Gasteiger partial charge in [0.1, 0.15) is 0 Å². The summed E-state index contributed by atoms with van der Waals surface area (Å²) in [7, 11) is 3.23. The molecule has 2 aromatic rings. The van der Waals surface area contributed by atoms with Crippen molar-refractivity contribution in [2.75, 3.05) is 14.2 Å². The van der Waals surface area contributed by atoms with Gasteiger partial charge in [-0.05, 0) is 38.0 Å². The Kier molecular flexibility index (Phi) is 6.26. The number of carbonyl (C=O) groups is 1. The van der Waals surface area contributed by atoms with Crippen molar-refractivity contribution in [3.63, 3.8) is 0 Å². The van der Waals surface area contributed by atoms with E-state index in [-0.39, 0.29) is 11.2 Å². The third-order valence-corrected chi connectivity index (χ3v) is 6.00. The molecule has 27 heavy (non-hydrogen) atoms. The summed E-state index contributed by atoms with van der Waals surface area (Å²) in [6.45, 7) is 1.79. The van der Waals surface area contributed by atoms with E-state index >= 15 is 0 Å². The summed E-state index contributed by atoms with van der Waals surface area (Å²) in [5.74, 6) is 1.74. The second-order valence-electron chi connectivity index (χ2n) is 6.70. The van der Waals surface area contributed by atoms with Crippen LogP contribution in [0.25, 0.3) is 11.4 Å². The van der Waals surface area contributed by atoms with E-state index < -0.39 is 0 Å². The van der Waals surface area contributed by atoms with Crippen molar-refractivity contribution in [1.82, 2.24) is 14.8 Å². The van der Waals surface area contributed by atoms with Gasteiger partial charge in [0.25, 0.3) is 0 Å². The van der Waals surface area contributed by atoms with Crippen LogP contribution in [0.1, 0.15) is 45.1 Å². The Hall–Kier alpha value is -2.22. The third kappa shape index (κ3) is 4.21. The van der Waals surface area contributed by atoms with Crippen LogP contribution in [0.2, 0.25) is 0 Å². The van der Waals surface area contributed by atoms with E-state index in [2.05, 4.69) is 14.8 Å². The molecular formula is C19H26N4O3S. The van der Waals surface area contributed by atoms with Crippen LogP contribution in [-0.2, 0) is 4.79 Å². The lowest BCUT2D eigenvalue weighted by Gasteiger charge is -2.26. The monoisotopic (exact) mass is 390 g/mol. The number of hydrogen-bond donors (Lipinski definition) is 1. The number of primary amides is 1. The smallest absolute Gasteiger partial charge is 0.230 e. The Labute approximate surface area is 163 Å². The average Bonchev–Trinajstić information content (AvgIpc) is 3.11. The highest BCUT2D eigenvalue weighted by atomic mass is 32.2. The molecular weight excluding hydrogens is 364 g/mol. The molecule has 7 nitrogen and oxygen atoms in total. The molecule has 1 aliphatic carbocycles. The lowest BCUT2D eigenvalue weighted by atomic mass is 9.95. The highest BCUT2D eigenvalue weighted by Gasteiger charge is 2.26. The van der Waals surface area contributed by atoms with Gasteiger partial charge < -0.3 is 15.2 Å². The number of thioether (sulfide) groups is 1. The molecule has 2 N–H and O–H groups in total. The van der Waals surface area contributed by atoms with E-state index in [0.717, 1.165) is 29.4 Å². The highest BCUT2D eigenvalue weighted by Crippen LogP contribution is 2.38. The predicted molar refractivity (Wildman–Crippen MR) is 105 cm³/mol. The molecule has 0 saturated heterocycles. The summed E-state index contributed by atoms with van der Waals surface area (Å²) in [6.07, 6.45) is 5.78. The lowest BCUT2D eigenvalue weighted by Crippen LogP contribution is -2.23. The number of rotatable bonds is 7. The summed E-state index contributed by atoms with van der Waals surface area (Å²) in [5, 5.41) is 9.20. The minimum atomic E-state index is -0.366. The first-order valence-corrected chi connectivity index (χ1v) is 10.1. The quantitative estimate of drug-likeness (QED) is 0.728. The molecule has 0 unspecified atom stereocenters. The second-order valence-corrected chi connectivity index (χ2v) is 8.01. The number of aromatic nitrogens is 3. The van der Waals surface area contributed by atoms with Gasteiger partial charge in [-0.25, -0.2) is 0 Å². The first-order valence-electron chi connectivity index (χ1n) is 9.18. The number of nitrogens with two attached hydrogens (primary N) is 1. The number of nitrogens with zero attached hydrogens (tertiary/aromatic N) is 3. The fourth-order valence-electron chi connectivity index (χ4n) is 3.41. The molecule has 1 aliphatic rings. The van der Waals surface area contributed by atoms with Crippen molar-refractivity contribution in [2.45, 2.75) is 55.5 Å². The van der Waals surface area contributed by atoms with Gasteiger partial charge in [0.05, 0.1) is 19.5 Å². The number of amides is 1. The van der Waals surface area contributed by atoms with Crippen molar-refractivity contribution < 1.29 is 14.3 Å². The largest absolute Gasteiger partial charge is 0.493 e. The van der Waals surface area contributed by atoms with Gasteiger partial charge in [-0.3, -0.25) is 9.36 Å². The standard InChI is InChI=1S/C19H26N4O3S/c1-12(17(20)24)27-19-22-21-18(23(19)14-7-5-4-6-8-14)13-9-10-15(25-2)16(11-13)26-3/h9-12,14H,4-8H2,1-3H3,(H2,20,24)/t12-/m1/s1. The third-order valence-electron chi connectivity index (χ3n) is 4.93. The van der Waals surface area contributed by atoms with Crippen LogP contribution in [-0.4, -0.2) is 40.1 Å². The molecule has 1 heterocycles. The number of ether oxygens (including phenoxy) is 2. The van der Waals surface area contributed by atoms with Gasteiger partial charge in [0.15, 0.2) is 22.5 Å². The molecule has 8 heteroatoms. The molecule has 146 valence electrons. The van der Waals surface area contributed by atoms with E-state index in [1.807, 2.05) is 18.2 Å². The van der Waals surface area contributed by atoms with E-state index in [1.54, 1.807) is 21.1 Å². The molecule has 0 aliphatic heterocycles. The zero-order valence-corrected chi connectivity index (χ0v) is 16.8. The molecule has 0 radical (unpaired) electrons. The topological polar surface area (TPSA) is 92.3 Å². The van der Waals surface area contributed by atoms with Crippen LogP contribution in [0.4, 0.5) is 0 Å². The van der Waals surface area contributed by atoms with Gasteiger partial charge in [0.2, 0.25) is 5.91 Å². The maximum absolute atomic E-state index is 11.5. The van der Waals surface area contributed by atoms with E-state index in [4.69, 9.17) is 15.2 Å². The Morgan fingerprint density at radius 2 is 1.89 bits per heavy atom. The van der Waals surface area contributed by atoms with Crippen LogP contribution < -0.4 is 15.2 Å².